The van der Waals surface area contributed by atoms with E-state index in [0.29, 0.717) is 12.5 Å². The Balaban J connectivity index is 1.79. The van der Waals surface area contributed by atoms with Gasteiger partial charge in [0, 0.05) is 25.2 Å². The highest BCUT2D eigenvalue weighted by molar-refractivity contribution is 5.67. The number of alkyl carbamates (subject to hydrolysis) is 1. The maximum Gasteiger partial charge on any atom is 0.407 e. The molecular formula is C17H32N2O3. The van der Waals surface area contributed by atoms with Gasteiger partial charge in [0.05, 0.1) is 6.61 Å². The van der Waals surface area contributed by atoms with Gasteiger partial charge in [-0.05, 0) is 52.4 Å². The topological polar surface area (TPSA) is 59.6 Å². The first-order chi connectivity index (χ1) is 10.4. The molecule has 2 N–H and O–H groups in total. The fourth-order valence-electron chi connectivity index (χ4n) is 3.35. The molecule has 1 amide bonds. The van der Waals surface area contributed by atoms with Gasteiger partial charge in [-0.15, -0.1) is 0 Å². The Morgan fingerprint density at radius 3 is 2.59 bits per heavy atom. The van der Waals surface area contributed by atoms with Crippen molar-refractivity contribution in [1.82, 2.24) is 10.6 Å². The van der Waals surface area contributed by atoms with Gasteiger partial charge >= 0.3 is 6.09 Å². The van der Waals surface area contributed by atoms with Crippen LogP contribution in [0.15, 0.2) is 0 Å². The maximum absolute atomic E-state index is 11.9. The van der Waals surface area contributed by atoms with E-state index >= 15 is 0 Å². The smallest absolute Gasteiger partial charge is 0.407 e. The van der Waals surface area contributed by atoms with E-state index in [1.807, 2.05) is 20.8 Å². The van der Waals surface area contributed by atoms with Crippen LogP contribution in [0.1, 0.15) is 59.3 Å². The van der Waals surface area contributed by atoms with Crippen LogP contribution >= 0.6 is 0 Å². The average molecular weight is 312 g/mol. The maximum atomic E-state index is 11.9. The number of rotatable bonds is 5. The first kappa shape index (κ1) is 17.5. The summed E-state index contributed by atoms with van der Waals surface area (Å²) in [4.78, 5) is 11.9. The molecule has 128 valence electrons. The van der Waals surface area contributed by atoms with E-state index in [1.165, 1.54) is 19.3 Å². The molecule has 0 radical (unpaired) electrons. The highest BCUT2D eigenvalue weighted by Gasteiger charge is 2.34. The number of amides is 1. The standard InChI is InChI=1S/C17H32N2O3/c1-16(2,3)22-15(20)18-13-17(8-4-5-9-17)19-11-14-7-6-10-21-12-14/h14,19H,4-13H2,1-3H3,(H,18,20). The van der Waals surface area contributed by atoms with Crippen LogP contribution in [0.5, 0.6) is 0 Å². The average Bonchev–Trinajstić information content (AvgIpc) is 2.92. The van der Waals surface area contributed by atoms with Crippen molar-refractivity contribution < 1.29 is 14.3 Å². The lowest BCUT2D eigenvalue weighted by atomic mass is 9.95. The fraction of sp³-hybridized carbons (Fsp3) is 0.941. The van der Waals surface area contributed by atoms with Crippen LogP contribution in [0.3, 0.4) is 0 Å². The minimum atomic E-state index is -0.445. The third-order valence-corrected chi connectivity index (χ3v) is 4.55. The molecular weight excluding hydrogens is 280 g/mol. The molecule has 1 atom stereocenters. The molecule has 1 saturated heterocycles. The Morgan fingerprint density at radius 1 is 1.27 bits per heavy atom. The second-order valence-corrected chi connectivity index (χ2v) is 7.81. The van der Waals surface area contributed by atoms with E-state index in [9.17, 15) is 4.79 Å². The minimum absolute atomic E-state index is 0.0361. The summed E-state index contributed by atoms with van der Waals surface area (Å²) in [5.74, 6) is 0.604. The van der Waals surface area contributed by atoms with Gasteiger partial charge in [0.1, 0.15) is 5.60 Å². The zero-order chi connectivity index (χ0) is 16.1. The van der Waals surface area contributed by atoms with Crippen LogP contribution in [0.2, 0.25) is 0 Å². The Morgan fingerprint density at radius 2 is 2.00 bits per heavy atom. The van der Waals surface area contributed by atoms with E-state index in [4.69, 9.17) is 9.47 Å². The molecule has 0 spiro atoms. The zero-order valence-corrected chi connectivity index (χ0v) is 14.4. The molecule has 5 nitrogen and oxygen atoms in total. The molecule has 0 bridgehead atoms. The monoisotopic (exact) mass is 312 g/mol. The van der Waals surface area contributed by atoms with Gasteiger partial charge < -0.3 is 20.1 Å². The highest BCUT2D eigenvalue weighted by Crippen LogP contribution is 2.29. The molecule has 5 heteroatoms. The lowest BCUT2D eigenvalue weighted by Gasteiger charge is -2.34. The first-order valence-electron chi connectivity index (χ1n) is 8.68. The summed E-state index contributed by atoms with van der Waals surface area (Å²) in [7, 11) is 0. The summed E-state index contributed by atoms with van der Waals surface area (Å²) < 4.78 is 10.9. The quantitative estimate of drug-likeness (QED) is 0.819. The van der Waals surface area contributed by atoms with Crippen molar-refractivity contribution in [3.63, 3.8) is 0 Å². The molecule has 2 fully saturated rings. The van der Waals surface area contributed by atoms with Crippen LogP contribution in [0.4, 0.5) is 4.79 Å². The zero-order valence-electron chi connectivity index (χ0n) is 14.4. The van der Waals surface area contributed by atoms with Crippen molar-refractivity contribution in [2.75, 3.05) is 26.3 Å². The molecule has 0 aromatic rings. The van der Waals surface area contributed by atoms with Crippen molar-refractivity contribution in [1.29, 1.82) is 0 Å². The molecule has 2 aliphatic rings. The molecule has 1 aliphatic heterocycles. The van der Waals surface area contributed by atoms with Crippen molar-refractivity contribution in [2.45, 2.75) is 70.4 Å². The molecule has 22 heavy (non-hydrogen) atoms. The predicted molar refractivity (Wildman–Crippen MR) is 87.0 cm³/mol. The first-order valence-corrected chi connectivity index (χ1v) is 8.68. The van der Waals surface area contributed by atoms with Crippen LogP contribution in [-0.2, 0) is 9.47 Å². The number of hydrogen-bond acceptors (Lipinski definition) is 4. The van der Waals surface area contributed by atoms with Crippen molar-refractivity contribution in [3.8, 4) is 0 Å². The van der Waals surface area contributed by atoms with Gasteiger partial charge in [0.25, 0.3) is 0 Å². The van der Waals surface area contributed by atoms with Gasteiger partial charge in [-0.25, -0.2) is 4.79 Å². The molecule has 1 unspecified atom stereocenters. The van der Waals surface area contributed by atoms with Gasteiger partial charge in [-0.2, -0.15) is 0 Å². The minimum Gasteiger partial charge on any atom is -0.444 e. The van der Waals surface area contributed by atoms with E-state index in [0.717, 1.165) is 39.0 Å². The lowest BCUT2D eigenvalue weighted by molar-refractivity contribution is 0.0467. The number of carbonyl (C=O) groups is 1. The van der Waals surface area contributed by atoms with Crippen LogP contribution in [0, 0.1) is 5.92 Å². The van der Waals surface area contributed by atoms with Crippen molar-refractivity contribution in [2.24, 2.45) is 5.92 Å². The number of carbonyl (C=O) groups excluding carboxylic acids is 1. The van der Waals surface area contributed by atoms with Crippen LogP contribution < -0.4 is 10.6 Å². The third-order valence-electron chi connectivity index (χ3n) is 4.55. The second-order valence-electron chi connectivity index (χ2n) is 7.81. The molecule has 0 aromatic heterocycles. The fourth-order valence-corrected chi connectivity index (χ4v) is 3.35. The Labute approximate surface area is 134 Å². The van der Waals surface area contributed by atoms with E-state index in [2.05, 4.69) is 10.6 Å². The molecule has 1 saturated carbocycles. The molecule has 0 aromatic carbocycles. The molecule has 2 rings (SSSR count). The summed E-state index contributed by atoms with van der Waals surface area (Å²) in [5.41, 5.74) is -0.409. The summed E-state index contributed by atoms with van der Waals surface area (Å²) >= 11 is 0. The Hall–Kier alpha value is -0.810. The lowest BCUT2D eigenvalue weighted by Crippen LogP contribution is -2.53. The van der Waals surface area contributed by atoms with Gasteiger partial charge in [0.2, 0.25) is 0 Å². The summed E-state index contributed by atoms with van der Waals surface area (Å²) in [6.07, 6.45) is 6.78. The van der Waals surface area contributed by atoms with Crippen LogP contribution in [-0.4, -0.2) is 43.5 Å². The van der Waals surface area contributed by atoms with Crippen molar-refractivity contribution in [3.05, 3.63) is 0 Å². The van der Waals surface area contributed by atoms with Gasteiger partial charge in [0.15, 0.2) is 0 Å². The predicted octanol–water partition coefficient (Wildman–Crippen LogP) is 2.84. The SMILES string of the molecule is CC(C)(C)OC(=O)NCC1(NCC2CCCOC2)CCCC1. The van der Waals surface area contributed by atoms with E-state index < -0.39 is 5.60 Å². The summed E-state index contributed by atoms with van der Waals surface area (Å²) in [6, 6.07) is 0. The number of nitrogens with one attached hydrogen (secondary N) is 2. The van der Waals surface area contributed by atoms with Crippen LogP contribution in [0.25, 0.3) is 0 Å². The van der Waals surface area contributed by atoms with E-state index in [-0.39, 0.29) is 11.6 Å². The number of hydrogen-bond donors (Lipinski definition) is 2. The van der Waals surface area contributed by atoms with E-state index in [1.54, 1.807) is 0 Å². The Bertz CT molecular complexity index is 353. The number of ether oxygens (including phenoxy) is 2. The van der Waals surface area contributed by atoms with Crippen molar-refractivity contribution >= 4 is 6.09 Å². The largest absolute Gasteiger partial charge is 0.444 e. The third kappa shape index (κ3) is 5.76. The summed E-state index contributed by atoms with van der Waals surface area (Å²) in [6.45, 7) is 9.06. The highest BCUT2D eigenvalue weighted by atomic mass is 16.6. The molecule has 1 heterocycles. The van der Waals surface area contributed by atoms with Gasteiger partial charge in [-0.1, -0.05) is 12.8 Å². The molecule has 1 aliphatic carbocycles. The second kappa shape index (κ2) is 7.64. The van der Waals surface area contributed by atoms with Gasteiger partial charge in [-0.3, -0.25) is 0 Å². The normalized spacial score (nSPS) is 25.0. The summed E-state index contributed by atoms with van der Waals surface area (Å²) in [5, 5.41) is 6.69. The Kier molecular flexibility index (Phi) is 6.09.